The largest absolute Gasteiger partial charge is 0.735 e. The summed E-state index contributed by atoms with van der Waals surface area (Å²) in [5.74, 6) is 0. The van der Waals surface area contributed by atoms with Gasteiger partial charge >= 0.3 is 7.90 Å². The zero-order chi connectivity index (χ0) is 21.3. The minimum Gasteiger partial charge on any atom is -0.735 e. The number of rotatable bonds is 6. The molecule has 0 heterocycles. The van der Waals surface area contributed by atoms with Crippen LogP contribution in [0.5, 0.6) is 0 Å². The average Bonchev–Trinajstić information content (AvgIpc) is 2.69. The third kappa shape index (κ3) is 4.12. The third-order valence-electron chi connectivity index (χ3n) is 3.93. The van der Waals surface area contributed by atoms with Crippen molar-refractivity contribution in [3.63, 3.8) is 0 Å². The van der Waals surface area contributed by atoms with Gasteiger partial charge in [-0.15, -0.1) is 0 Å². The predicted octanol–water partition coefficient (Wildman–Crippen LogP) is 1.01. The number of hydrogen-bond donors (Lipinski definition) is 0. The maximum atomic E-state index is 12.2. The zero-order valence-corrected chi connectivity index (χ0v) is 18.0. The van der Waals surface area contributed by atoms with Crippen LogP contribution in [0.15, 0.2) is 89.8 Å². The average molecular weight is 469 g/mol. The van der Waals surface area contributed by atoms with E-state index in [1.807, 2.05) is 60.7 Å². The normalized spacial score (nSPS) is 12.8. The molecule has 3 rings (SSSR count). The van der Waals surface area contributed by atoms with Crippen molar-refractivity contribution in [1.29, 1.82) is 0 Å². The molecule has 0 atom stereocenters. The van der Waals surface area contributed by atoms with Crippen LogP contribution < -0.4 is 15.9 Å². The van der Waals surface area contributed by atoms with Gasteiger partial charge in [-0.05, 0) is 36.0 Å². The fourth-order valence-electron chi connectivity index (χ4n) is 2.59. The van der Waals surface area contributed by atoms with Gasteiger partial charge in [0.05, 0.1) is 4.90 Å². The van der Waals surface area contributed by atoms with Gasteiger partial charge in [0.15, 0.2) is 0 Å². The van der Waals surface area contributed by atoms with E-state index in [0.29, 0.717) is 0 Å². The quantitative estimate of drug-likeness (QED) is 0.300. The van der Waals surface area contributed by atoms with Crippen molar-refractivity contribution in [2.45, 2.75) is 4.90 Å². The Morgan fingerprint density at radius 2 is 0.931 bits per heavy atom. The number of hydrogen-bond acceptors (Lipinski definition) is 7. The first-order chi connectivity index (χ1) is 13.6. The van der Waals surface area contributed by atoms with Crippen molar-refractivity contribution in [3.8, 4) is 0 Å². The second-order valence-electron chi connectivity index (χ2n) is 5.77. The Morgan fingerprint density at radius 1 is 0.552 bits per heavy atom. The molecular weight excluding hydrogens is 455 g/mol. The summed E-state index contributed by atoms with van der Waals surface area (Å²) in [6.45, 7) is 0. The summed E-state index contributed by atoms with van der Waals surface area (Å²) in [5.41, 5.74) is 0. The van der Waals surface area contributed by atoms with E-state index in [4.69, 9.17) is 0 Å². The van der Waals surface area contributed by atoms with Crippen molar-refractivity contribution in [1.82, 2.24) is 0 Å². The fraction of sp³-hybridized carbons (Fsp3) is 0. The Balaban J connectivity index is 2.10. The molecule has 152 valence electrons. The standard InChI is InChI=1S/C18H15O7PS3/c19-27(20,29(24,25)28(21,22)23)18-13-11-17(12-14-18)26(15-7-3-1-4-8-15)16-9-5-2-6-10-16/h1-14H,(H,21,22,23)/p-1. The maximum Gasteiger partial charge on any atom is 0.351 e. The van der Waals surface area contributed by atoms with Gasteiger partial charge in [-0.1, -0.05) is 72.8 Å². The van der Waals surface area contributed by atoms with Crippen LogP contribution in [0.2, 0.25) is 0 Å². The molecular formula is C18H14O7PS3-. The van der Waals surface area contributed by atoms with Gasteiger partial charge in [0.1, 0.15) is 0 Å². The highest BCUT2D eigenvalue weighted by Gasteiger charge is 2.38. The van der Waals surface area contributed by atoms with E-state index in [-0.39, 0.29) is 0 Å². The van der Waals surface area contributed by atoms with Gasteiger partial charge in [-0.2, -0.15) is 8.42 Å². The second-order valence-corrected chi connectivity index (χ2v) is 16.8. The molecule has 0 aliphatic carbocycles. The highest BCUT2D eigenvalue weighted by molar-refractivity contribution is 8.98. The molecule has 0 saturated carbocycles. The third-order valence-corrected chi connectivity index (χ3v) is 15.1. The Kier molecular flexibility index (Phi) is 5.93. The van der Waals surface area contributed by atoms with Crippen LogP contribution in [0.3, 0.4) is 0 Å². The van der Waals surface area contributed by atoms with Crippen LogP contribution in [-0.4, -0.2) is 29.8 Å². The molecule has 0 spiro atoms. The predicted molar refractivity (Wildman–Crippen MR) is 111 cm³/mol. The molecule has 0 saturated heterocycles. The van der Waals surface area contributed by atoms with Gasteiger partial charge in [-0.25, -0.2) is 16.8 Å². The lowest BCUT2D eigenvalue weighted by Gasteiger charge is -2.19. The smallest absolute Gasteiger partial charge is 0.351 e. The molecule has 0 amide bonds. The maximum absolute atomic E-state index is 12.2. The zero-order valence-electron chi connectivity index (χ0n) is 14.6. The molecule has 0 aliphatic heterocycles. The van der Waals surface area contributed by atoms with Gasteiger partial charge in [0.25, 0.3) is 8.87 Å². The van der Waals surface area contributed by atoms with Crippen molar-refractivity contribution in [2.24, 2.45) is 0 Å². The highest BCUT2D eigenvalue weighted by Crippen LogP contribution is 2.33. The van der Waals surface area contributed by atoms with Gasteiger partial charge in [0.2, 0.25) is 9.15 Å². The Bertz CT molecular complexity index is 1280. The molecule has 0 fully saturated rings. The lowest BCUT2D eigenvalue weighted by Crippen LogP contribution is -2.25. The Morgan fingerprint density at radius 3 is 1.31 bits per heavy atom. The minimum absolute atomic E-state index is 0.721. The van der Waals surface area contributed by atoms with E-state index in [1.54, 1.807) is 0 Å². The Labute approximate surface area is 169 Å². The summed E-state index contributed by atoms with van der Waals surface area (Å²) in [7, 11) is -18.5. The minimum atomic E-state index is -6.08. The number of benzene rings is 3. The van der Waals surface area contributed by atoms with Gasteiger partial charge in [-0.3, -0.25) is 0 Å². The molecule has 0 aromatic heterocycles. The van der Waals surface area contributed by atoms with Crippen molar-refractivity contribution in [3.05, 3.63) is 84.9 Å². The summed E-state index contributed by atoms with van der Waals surface area (Å²) in [5, 5.41) is 2.69. The Hall–Kier alpha value is -2.10. The summed E-state index contributed by atoms with van der Waals surface area (Å²) in [6.07, 6.45) is 0. The molecule has 0 aliphatic rings. The van der Waals surface area contributed by atoms with E-state index >= 15 is 0 Å². The van der Waals surface area contributed by atoms with E-state index in [1.165, 1.54) is 12.1 Å². The van der Waals surface area contributed by atoms with E-state index in [2.05, 4.69) is 0 Å². The summed E-state index contributed by atoms with van der Waals surface area (Å²) < 4.78 is 80.3. The first-order valence-electron chi connectivity index (χ1n) is 8.02. The lowest BCUT2D eigenvalue weighted by atomic mass is 10.3. The molecule has 0 unspecified atom stereocenters. The first kappa shape index (κ1) is 21.6. The summed E-state index contributed by atoms with van der Waals surface area (Å²) in [4.78, 5) is -0.781. The monoisotopic (exact) mass is 469 g/mol. The van der Waals surface area contributed by atoms with Crippen LogP contribution in [0.1, 0.15) is 0 Å². The fourth-order valence-corrected chi connectivity index (χ4v) is 10.2. The van der Waals surface area contributed by atoms with Crippen LogP contribution in [0.25, 0.3) is 0 Å². The van der Waals surface area contributed by atoms with Crippen LogP contribution in [-0.2, 0) is 25.9 Å². The topological polar surface area (TPSA) is 125 Å². The molecule has 29 heavy (non-hydrogen) atoms. The van der Waals surface area contributed by atoms with Gasteiger partial charge < -0.3 is 4.55 Å². The molecule has 0 radical (unpaired) electrons. The lowest BCUT2D eigenvalue weighted by molar-refractivity contribution is 0.475. The molecule has 7 nitrogen and oxygen atoms in total. The van der Waals surface area contributed by atoms with Crippen molar-refractivity contribution in [2.75, 3.05) is 0 Å². The highest BCUT2D eigenvalue weighted by atomic mass is 33.6. The first-order valence-corrected chi connectivity index (χ1v) is 14.8. The molecule has 0 N–H and O–H groups in total. The van der Waals surface area contributed by atoms with Crippen molar-refractivity contribution < 1.29 is 29.8 Å². The van der Waals surface area contributed by atoms with Crippen LogP contribution in [0.4, 0.5) is 0 Å². The van der Waals surface area contributed by atoms with Crippen LogP contribution >= 0.6 is 7.92 Å². The summed E-state index contributed by atoms with van der Waals surface area (Å²) in [6, 6.07) is 23.8. The van der Waals surface area contributed by atoms with E-state index in [0.717, 1.165) is 28.0 Å². The van der Waals surface area contributed by atoms with Gasteiger partial charge in [0, 0.05) is 0 Å². The van der Waals surface area contributed by atoms with E-state index < -0.39 is 38.7 Å². The SMILES string of the molecule is O=S(=O)([O-])S(=O)(=O)S(=O)(=O)c1ccc(P(c2ccccc2)c2ccccc2)cc1. The molecule has 11 heteroatoms. The molecule has 3 aromatic carbocycles. The van der Waals surface area contributed by atoms with Crippen molar-refractivity contribution >= 4 is 49.8 Å². The second kappa shape index (κ2) is 7.97. The molecule has 3 aromatic rings. The van der Waals surface area contributed by atoms with E-state index in [9.17, 15) is 29.8 Å². The van der Waals surface area contributed by atoms with Crippen LogP contribution in [0, 0.1) is 0 Å². The summed E-state index contributed by atoms with van der Waals surface area (Å²) >= 11 is 0. The molecule has 0 bridgehead atoms.